The van der Waals surface area contributed by atoms with Crippen LogP contribution in [0.25, 0.3) is 0 Å². The summed E-state index contributed by atoms with van der Waals surface area (Å²) in [7, 11) is 0. The fourth-order valence-electron chi connectivity index (χ4n) is 2.79. The maximum Gasteiger partial charge on any atom is 0.323 e. The fraction of sp³-hybridized carbons (Fsp3) is 0.0909. The Hall–Kier alpha value is -3.80. The summed E-state index contributed by atoms with van der Waals surface area (Å²) in [4.78, 5) is 12.4. The molecule has 0 heterocycles. The summed E-state index contributed by atoms with van der Waals surface area (Å²) in [6.07, 6.45) is 0. The van der Waals surface area contributed by atoms with Crippen molar-refractivity contribution < 1.29 is 4.79 Å². The maximum atomic E-state index is 12.4. The zero-order valence-corrected chi connectivity index (χ0v) is 15.6. The third-order valence-electron chi connectivity index (χ3n) is 4.30. The highest BCUT2D eigenvalue weighted by Crippen LogP contribution is 2.26. The molecule has 0 aliphatic heterocycles. The van der Waals surface area contributed by atoms with Crippen LogP contribution < -0.4 is 21.7 Å². The van der Waals surface area contributed by atoms with Crippen molar-refractivity contribution in [2.24, 2.45) is 5.73 Å². The van der Waals surface area contributed by atoms with E-state index in [2.05, 4.69) is 35.0 Å². The number of urea groups is 1. The number of carbonyl (C=O) groups excluding carboxylic acids is 1. The molecule has 28 heavy (non-hydrogen) atoms. The quantitative estimate of drug-likeness (QED) is 0.317. The predicted molar refractivity (Wildman–Crippen MR) is 115 cm³/mol. The summed E-state index contributed by atoms with van der Waals surface area (Å²) in [5, 5.41) is 16.5. The van der Waals surface area contributed by atoms with Crippen LogP contribution in [0.1, 0.15) is 24.1 Å². The van der Waals surface area contributed by atoms with Crippen molar-refractivity contribution in [2.45, 2.75) is 13.0 Å². The second kappa shape index (κ2) is 8.73. The number of nitrogens with one attached hydrogen (secondary N) is 4. The molecule has 3 rings (SSSR count). The highest BCUT2D eigenvalue weighted by Gasteiger charge is 2.10. The molecule has 3 aromatic rings. The lowest BCUT2D eigenvalue weighted by Crippen LogP contribution is -2.20. The van der Waals surface area contributed by atoms with Crippen LogP contribution in [0.2, 0.25) is 0 Å². The van der Waals surface area contributed by atoms with E-state index in [1.54, 1.807) is 24.3 Å². The molecule has 0 saturated carbocycles. The van der Waals surface area contributed by atoms with Crippen molar-refractivity contribution in [3.8, 4) is 0 Å². The Balaban J connectivity index is 1.67. The molecule has 6 N–H and O–H groups in total. The number of amides is 2. The number of rotatable bonds is 6. The van der Waals surface area contributed by atoms with Gasteiger partial charge in [-0.25, -0.2) is 4.79 Å². The van der Waals surface area contributed by atoms with E-state index in [-0.39, 0.29) is 17.9 Å². The Kier molecular flexibility index (Phi) is 5.91. The van der Waals surface area contributed by atoms with Crippen molar-refractivity contribution in [1.82, 2.24) is 0 Å². The first kappa shape index (κ1) is 19.0. The average Bonchev–Trinajstić information content (AvgIpc) is 2.70. The molecule has 0 aromatic heterocycles. The number of nitrogens with two attached hydrogens (primary N) is 1. The van der Waals surface area contributed by atoms with Crippen LogP contribution in [-0.2, 0) is 0 Å². The number of nitrogen functional groups attached to an aromatic ring is 1. The molecule has 142 valence electrons. The normalized spacial score (nSPS) is 11.3. The van der Waals surface area contributed by atoms with Gasteiger partial charge in [-0.05, 0) is 48.9 Å². The third-order valence-corrected chi connectivity index (χ3v) is 4.30. The number of anilines is 3. The van der Waals surface area contributed by atoms with Crippen molar-refractivity contribution >= 4 is 28.9 Å². The monoisotopic (exact) mass is 373 g/mol. The highest BCUT2D eigenvalue weighted by atomic mass is 16.2. The Morgan fingerprint density at radius 2 is 1.46 bits per heavy atom. The van der Waals surface area contributed by atoms with Gasteiger partial charge >= 0.3 is 6.03 Å². The number of para-hydroxylation sites is 2. The van der Waals surface area contributed by atoms with Gasteiger partial charge in [0.15, 0.2) is 0 Å². The molecule has 6 heteroatoms. The Labute approximate surface area is 164 Å². The van der Waals surface area contributed by atoms with Gasteiger partial charge in [0.05, 0.1) is 11.4 Å². The van der Waals surface area contributed by atoms with Gasteiger partial charge in [0, 0.05) is 17.3 Å². The second-order valence-electron chi connectivity index (χ2n) is 6.39. The molecule has 0 saturated heterocycles. The first-order chi connectivity index (χ1) is 13.5. The van der Waals surface area contributed by atoms with Crippen LogP contribution in [0.3, 0.4) is 0 Å². The minimum absolute atomic E-state index is 0.0106. The van der Waals surface area contributed by atoms with Gasteiger partial charge in [-0.2, -0.15) is 0 Å². The van der Waals surface area contributed by atoms with Gasteiger partial charge in [0.1, 0.15) is 5.84 Å². The molecule has 0 fully saturated rings. The van der Waals surface area contributed by atoms with Crippen molar-refractivity contribution in [3.63, 3.8) is 0 Å². The number of hydrogen-bond donors (Lipinski definition) is 5. The standard InChI is InChI=1S/C22H23N5O/c1-15(16-7-3-2-4-8-16)25-19-9-5-6-10-20(19)27-22(28)26-18-13-11-17(12-14-18)21(23)24/h2-15,25H,1H3,(H3,23,24)(H2,26,27,28)/t15-/m1/s1. The van der Waals surface area contributed by atoms with Crippen LogP contribution >= 0.6 is 0 Å². The van der Waals surface area contributed by atoms with E-state index in [1.807, 2.05) is 42.5 Å². The zero-order valence-electron chi connectivity index (χ0n) is 15.6. The van der Waals surface area contributed by atoms with Crippen LogP contribution in [0.4, 0.5) is 21.9 Å². The van der Waals surface area contributed by atoms with Crippen LogP contribution in [0, 0.1) is 5.41 Å². The van der Waals surface area contributed by atoms with E-state index in [9.17, 15) is 4.79 Å². The van der Waals surface area contributed by atoms with Gasteiger partial charge in [-0.1, -0.05) is 42.5 Å². The Morgan fingerprint density at radius 1 is 0.857 bits per heavy atom. The van der Waals surface area contributed by atoms with Crippen LogP contribution in [0.5, 0.6) is 0 Å². The number of benzene rings is 3. The summed E-state index contributed by atoms with van der Waals surface area (Å²) in [6.45, 7) is 2.07. The molecule has 2 amide bonds. The minimum Gasteiger partial charge on any atom is -0.384 e. The molecule has 0 spiro atoms. The van der Waals surface area contributed by atoms with E-state index >= 15 is 0 Å². The molecule has 0 bridgehead atoms. The lowest BCUT2D eigenvalue weighted by molar-refractivity contribution is 0.262. The molecule has 0 aliphatic rings. The van der Waals surface area contributed by atoms with Gasteiger partial charge < -0.3 is 21.7 Å². The minimum atomic E-state index is -0.350. The lowest BCUT2D eigenvalue weighted by Gasteiger charge is -2.19. The lowest BCUT2D eigenvalue weighted by atomic mass is 10.1. The zero-order chi connectivity index (χ0) is 19.9. The largest absolute Gasteiger partial charge is 0.384 e. The van der Waals surface area contributed by atoms with Crippen LogP contribution in [-0.4, -0.2) is 11.9 Å². The third kappa shape index (κ3) is 4.88. The maximum absolute atomic E-state index is 12.4. The van der Waals surface area contributed by atoms with Gasteiger partial charge in [0.25, 0.3) is 0 Å². The molecular formula is C22H23N5O. The number of hydrogen-bond acceptors (Lipinski definition) is 3. The summed E-state index contributed by atoms with van der Waals surface area (Å²) in [5.41, 5.74) is 9.34. The number of amidine groups is 1. The summed E-state index contributed by atoms with van der Waals surface area (Å²) >= 11 is 0. The first-order valence-corrected chi connectivity index (χ1v) is 8.96. The van der Waals surface area contributed by atoms with E-state index in [1.165, 1.54) is 0 Å². The number of carbonyl (C=O) groups is 1. The van der Waals surface area contributed by atoms with Gasteiger partial charge in [-0.3, -0.25) is 5.41 Å². The molecular weight excluding hydrogens is 350 g/mol. The SMILES string of the molecule is C[C@@H](Nc1ccccc1NC(=O)Nc1ccc(C(=N)N)cc1)c1ccccc1. The van der Waals surface area contributed by atoms with E-state index in [0.717, 1.165) is 11.3 Å². The topological polar surface area (TPSA) is 103 Å². The Morgan fingerprint density at radius 3 is 2.11 bits per heavy atom. The van der Waals surface area contributed by atoms with Crippen molar-refractivity contribution in [1.29, 1.82) is 5.41 Å². The Bertz CT molecular complexity index is 954. The smallest absolute Gasteiger partial charge is 0.323 e. The van der Waals surface area contributed by atoms with Gasteiger partial charge in [0.2, 0.25) is 0 Å². The molecule has 1 atom stereocenters. The molecule has 6 nitrogen and oxygen atoms in total. The fourth-order valence-corrected chi connectivity index (χ4v) is 2.79. The predicted octanol–water partition coefficient (Wildman–Crippen LogP) is 4.79. The second-order valence-corrected chi connectivity index (χ2v) is 6.39. The highest BCUT2D eigenvalue weighted by molar-refractivity contribution is 6.02. The van der Waals surface area contributed by atoms with E-state index < -0.39 is 0 Å². The molecule has 0 unspecified atom stereocenters. The van der Waals surface area contributed by atoms with Crippen LogP contribution in [0.15, 0.2) is 78.9 Å². The molecule has 0 radical (unpaired) electrons. The summed E-state index contributed by atoms with van der Waals surface area (Å²) in [6, 6.07) is 24.2. The van der Waals surface area contributed by atoms with Crippen molar-refractivity contribution in [3.05, 3.63) is 90.0 Å². The average molecular weight is 373 g/mol. The first-order valence-electron chi connectivity index (χ1n) is 8.96. The van der Waals surface area contributed by atoms with Crippen molar-refractivity contribution in [2.75, 3.05) is 16.0 Å². The van der Waals surface area contributed by atoms with E-state index in [0.29, 0.717) is 16.9 Å². The molecule has 0 aliphatic carbocycles. The summed E-state index contributed by atoms with van der Waals surface area (Å²) < 4.78 is 0. The van der Waals surface area contributed by atoms with E-state index in [4.69, 9.17) is 11.1 Å². The van der Waals surface area contributed by atoms with Gasteiger partial charge in [-0.15, -0.1) is 0 Å². The summed E-state index contributed by atoms with van der Waals surface area (Å²) in [5.74, 6) is -0.0106. The molecule has 3 aromatic carbocycles.